The third-order valence-corrected chi connectivity index (χ3v) is 2.48. The lowest BCUT2D eigenvalue weighted by atomic mass is 10.1. The van der Waals surface area contributed by atoms with Gasteiger partial charge in [0.25, 0.3) is 0 Å². The van der Waals surface area contributed by atoms with E-state index in [9.17, 15) is 26.3 Å². The van der Waals surface area contributed by atoms with Crippen molar-refractivity contribution in [1.29, 1.82) is 0 Å². The molecule has 0 saturated carbocycles. The first-order valence-corrected chi connectivity index (χ1v) is 5.73. The van der Waals surface area contributed by atoms with E-state index < -0.39 is 41.8 Å². The molecule has 19 heavy (non-hydrogen) atoms. The maximum Gasteiger partial charge on any atom is 0.573 e. The number of aliphatic hydroxyl groups excluding tert-OH is 1. The molecule has 0 aromatic carbocycles. The SMILES string of the molecule is OCc1nc(CBr)c(OC(F)(F)F)cc1C(F)(F)F. The van der Waals surface area contributed by atoms with Gasteiger partial charge in [0.05, 0.1) is 23.6 Å². The van der Waals surface area contributed by atoms with Crippen LogP contribution in [0.1, 0.15) is 17.0 Å². The van der Waals surface area contributed by atoms with Crippen LogP contribution in [0.2, 0.25) is 0 Å². The summed E-state index contributed by atoms with van der Waals surface area (Å²) in [7, 11) is 0. The van der Waals surface area contributed by atoms with Crippen molar-refractivity contribution in [2.45, 2.75) is 24.5 Å². The van der Waals surface area contributed by atoms with Crippen molar-refractivity contribution in [2.75, 3.05) is 0 Å². The Kier molecular flexibility index (Phi) is 4.67. The number of alkyl halides is 7. The number of rotatable bonds is 3. The van der Waals surface area contributed by atoms with E-state index in [1.54, 1.807) is 0 Å². The van der Waals surface area contributed by atoms with Gasteiger partial charge in [-0.1, -0.05) is 15.9 Å². The Labute approximate surface area is 111 Å². The van der Waals surface area contributed by atoms with E-state index >= 15 is 0 Å². The molecule has 3 nitrogen and oxygen atoms in total. The van der Waals surface area contributed by atoms with Gasteiger partial charge in [0.2, 0.25) is 0 Å². The van der Waals surface area contributed by atoms with Gasteiger partial charge in [-0.05, 0) is 6.07 Å². The highest BCUT2D eigenvalue weighted by molar-refractivity contribution is 9.08. The summed E-state index contributed by atoms with van der Waals surface area (Å²) in [5.41, 5.74) is -2.63. The molecule has 10 heteroatoms. The van der Waals surface area contributed by atoms with Crippen LogP contribution >= 0.6 is 15.9 Å². The number of ether oxygens (including phenoxy) is 1. The fourth-order valence-corrected chi connectivity index (χ4v) is 1.65. The molecular formula is C9H6BrF6NO2. The molecule has 0 unspecified atom stereocenters. The summed E-state index contributed by atoms with van der Waals surface area (Å²) in [4.78, 5) is 3.32. The number of nitrogens with zero attached hydrogens (tertiary/aromatic N) is 1. The van der Waals surface area contributed by atoms with Crippen LogP contribution in [0.3, 0.4) is 0 Å². The fourth-order valence-electron chi connectivity index (χ4n) is 1.25. The quantitative estimate of drug-likeness (QED) is 0.669. The van der Waals surface area contributed by atoms with Crippen molar-refractivity contribution in [2.24, 2.45) is 0 Å². The summed E-state index contributed by atoms with van der Waals surface area (Å²) >= 11 is 2.78. The molecule has 1 N–H and O–H groups in total. The molecule has 1 aromatic rings. The summed E-state index contributed by atoms with van der Waals surface area (Å²) in [5.74, 6) is -1.06. The van der Waals surface area contributed by atoms with Crippen LogP contribution < -0.4 is 4.74 Å². The highest BCUT2D eigenvalue weighted by Gasteiger charge is 2.38. The van der Waals surface area contributed by atoms with Crippen molar-refractivity contribution >= 4 is 15.9 Å². The zero-order chi connectivity index (χ0) is 14.8. The van der Waals surface area contributed by atoms with E-state index in [4.69, 9.17) is 5.11 Å². The molecule has 108 valence electrons. The molecule has 0 spiro atoms. The predicted octanol–water partition coefficient (Wildman–Crippen LogP) is 3.39. The molecular weight excluding hydrogens is 348 g/mol. The van der Waals surface area contributed by atoms with Crippen LogP contribution in [0.5, 0.6) is 5.75 Å². The lowest BCUT2D eigenvalue weighted by Gasteiger charge is -2.16. The minimum Gasteiger partial charge on any atom is -0.404 e. The molecule has 1 rings (SSSR count). The van der Waals surface area contributed by atoms with Crippen LogP contribution in [-0.4, -0.2) is 16.5 Å². The van der Waals surface area contributed by atoms with Crippen LogP contribution in [0.25, 0.3) is 0 Å². The molecule has 0 fully saturated rings. The Morgan fingerprint density at radius 2 is 1.74 bits per heavy atom. The van der Waals surface area contributed by atoms with Gasteiger partial charge >= 0.3 is 12.5 Å². The molecule has 0 aliphatic carbocycles. The topological polar surface area (TPSA) is 42.4 Å². The predicted molar refractivity (Wildman–Crippen MR) is 54.5 cm³/mol. The van der Waals surface area contributed by atoms with Gasteiger partial charge in [0, 0.05) is 5.33 Å². The minimum atomic E-state index is -5.14. The number of halogens is 7. The molecule has 0 amide bonds. The van der Waals surface area contributed by atoms with Crippen LogP contribution in [0.15, 0.2) is 6.07 Å². The Balaban J connectivity index is 3.38. The second-order valence-electron chi connectivity index (χ2n) is 3.26. The van der Waals surface area contributed by atoms with E-state index in [0.29, 0.717) is 0 Å². The molecule has 0 saturated heterocycles. The van der Waals surface area contributed by atoms with Gasteiger partial charge in [-0.15, -0.1) is 13.2 Å². The van der Waals surface area contributed by atoms with Crippen molar-refractivity contribution in [3.05, 3.63) is 23.0 Å². The first-order valence-electron chi connectivity index (χ1n) is 4.61. The molecule has 0 aliphatic rings. The van der Waals surface area contributed by atoms with E-state index in [0.717, 1.165) is 0 Å². The van der Waals surface area contributed by atoms with E-state index in [1.807, 2.05) is 0 Å². The van der Waals surface area contributed by atoms with Crippen LogP contribution in [0.4, 0.5) is 26.3 Å². The minimum absolute atomic E-state index is 0.169. The molecule has 1 heterocycles. The number of pyridine rings is 1. The summed E-state index contributed by atoms with van der Waals surface area (Å²) < 4.78 is 77.5. The van der Waals surface area contributed by atoms with Gasteiger partial charge in [0.15, 0.2) is 5.75 Å². The maximum absolute atomic E-state index is 12.6. The van der Waals surface area contributed by atoms with Crippen molar-refractivity contribution < 1.29 is 36.2 Å². The monoisotopic (exact) mass is 353 g/mol. The van der Waals surface area contributed by atoms with E-state index in [2.05, 4.69) is 25.7 Å². The zero-order valence-corrected chi connectivity index (χ0v) is 10.5. The largest absolute Gasteiger partial charge is 0.573 e. The molecule has 0 radical (unpaired) electrons. The Bertz CT molecular complexity index is 459. The lowest BCUT2D eigenvalue weighted by molar-refractivity contribution is -0.275. The maximum atomic E-state index is 12.6. The first-order chi connectivity index (χ1) is 8.58. The normalized spacial score (nSPS) is 12.6. The summed E-state index contributed by atoms with van der Waals surface area (Å²) in [5, 5.41) is 8.52. The van der Waals surface area contributed by atoms with E-state index in [-0.39, 0.29) is 11.4 Å². The average molecular weight is 354 g/mol. The third kappa shape index (κ3) is 4.23. The summed E-state index contributed by atoms with van der Waals surface area (Å²) in [6.45, 7) is -1.05. The fraction of sp³-hybridized carbons (Fsp3) is 0.444. The second-order valence-corrected chi connectivity index (χ2v) is 3.83. The van der Waals surface area contributed by atoms with Crippen molar-refractivity contribution in [3.63, 3.8) is 0 Å². The Morgan fingerprint density at radius 3 is 2.11 bits per heavy atom. The smallest absolute Gasteiger partial charge is 0.404 e. The second kappa shape index (κ2) is 5.53. The van der Waals surface area contributed by atoms with Gasteiger partial charge in [-0.2, -0.15) is 13.2 Å². The zero-order valence-electron chi connectivity index (χ0n) is 8.94. The Morgan fingerprint density at radius 1 is 1.16 bits per heavy atom. The Hall–Kier alpha value is -1.03. The molecule has 0 atom stereocenters. The number of aromatic nitrogens is 1. The van der Waals surface area contributed by atoms with Gasteiger partial charge < -0.3 is 9.84 Å². The van der Waals surface area contributed by atoms with Crippen LogP contribution in [-0.2, 0) is 18.1 Å². The summed E-state index contributed by atoms with van der Waals surface area (Å²) in [6.07, 6.45) is -10.1. The first kappa shape index (κ1) is 16.0. The lowest BCUT2D eigenvalue weighted by Crippen LogP contribution is -2.20. The molecule has 0 bridgehead atoms. The number of hydrogen-bond donors (Lipinski definition) is 1. The van der Waals surface area contributed by atoms with Crippen molar-refractivity contribution in [1.82, 2.24) is 4.98 Å². The van der Waals surface area contributed by atoms with Gasteiger partial charge in [-0.25, -0.2) is 0 Å². The van der Waals surface area contributed by atoms with Crippen molar-refractivity contribution in [3.8, 4) is 5.75 Å². The van der Waals surface area contributed by atoms with E-state index in [1.165, 1.54) is 0 Å². The molecule has 1 aromatic heterocycles. The summed E-state index contributed by atoms with van der Waals surface area (Å²) in [6, 6.07) is 0.169. The van der Waals surface area contributed by atoms with Crippen LogP contribution in [0, 0.1) is 0 Å². The highest BCUT2D eigenvalue weighted by atomic mass is 79.9. The molecule has 0 aliphatic heterocycles. The standard InChI is InChI=1S/C9H6BrF6NO2/c10-2-5-7(19-9(14,15)16)1-4(8(11,12)13)6(3-18)17-5/h1,18H,2-3H2. The van der Waals surface area contributed by atoms with Gasteiger partial charge in [-0.3, -0.25) is 4.98 Å². The number of hydrogen-bond acceptors (Lipinski definition) is 3. The number of aliphatic hydroxyl groups is 1. The highest BCUT2D eigenvalue weighted by Crippen LogP contribution is 2.36. The van der Waals surface area contributed by atoms with Gasteiger partial charge in [0.1, 0.15) is 0 Å². The third-order valence-electron chi connectivity index (χ3n) is 1.95. The average Bonchev–Trinajstić information content (AvgIpc) is 2.25.